The number of hydrogen-bond donors (Lipinski definition) is 1. The quantitative estimate of drug-likeness (QED) is 0.670. The van der Waals surface area contributed by atoms with E-state index in [4.69, 9.17) is 21.1 Å². The number of aromatic amines is 1. The van der Waals surface area contributed by atoms with Crippen LogP contribution in [-0.2, 0) is 17.6 Å². The Hall–Kier alpha value is -2.72. The van der Waals surface area contributed by atoms with E-state index < -0.39 is 5.97 Å². The maximum atomic E-state index is 12.5. The minimum atomic E-state index is -0.397. The standard InChI is InChI=1S/C21H18ClNO3/c1-25-15-10-13(9-14(22)11-15)18-17-8-7-12-5-3-4-6-16(12)19(17)23-20(18)21(24)26-2/h3-6,9-11,23H,7-8H2,1-2H3. The van der Waals surface area contributed by atoms with E-state index in [1.807, 2.05) is 24.3 Å². The van der Waals surface area contributed by atoms with Crippen LogP contribution in [0.5, 0.6) is 5.75 Å². The van der Waals surface area contributed by atoms with Crippen LogP contribution in [0, 0.1) is 0 Å². The van der Waals surface area contributed by atoms with E-state index in [-0.39, 0.29) is 0 Å². The van der Waals surface area contributed by atoms with Crippen LogP contribution in [-0.4, -0.2) is 25.2 Å². The van der Waals surface area contributed by atoms with Gasteiger partial charge in [-0.05, 0) is 47.7 Å². The number of ether oxygens (including phenoxy) is 2. The molecule has 0 saturated heterocycles. The number of carbonyl (C=O) groups excluding carboxylic acids is 1. The van der Waals surface area contributed by atoms with Crippen LogP contribution in [0.1, 0.15) is 21.6 Å². The van der Waals surface area contributed by atoms with Gasteiger partial charge in [-0.15, -0.1) is 0 Å². The molecule has 26 heavy (non-hydrogen) atoms. The van der Waals surface area contributed by atoms with Gasteiger partial charge in [0.25, 0.3) is 0 Å². The molecular formula is C21H18ClNO3. The molecule has 4 nitrogen and oxygen atoms in total. The van der Waals surface area contributed by atoms with Gasteiger partial charge >= 0.3 is 5.97 Å². The number of esters is 1. The highest BCUT2D eigenvalue weighted by molar-refractivity contribution is 6.31. The highest BCUT2D eigenvalue weighted by Crippen LogP contribution is 2.42. The summed E-state index contributed by atoms with van der Waals surface area (Å²) in [6, 6.07) is 13.7. The summed E-state index contributed by atoms with van der Waals surface area (Å²) in [4.78, 5) is 15.8. The van der Waals surface area contributed by atoms with Crippen molar-refractivity contribution in [3.8, 4) is 28.1 Å². The SMILES string of the molecule is COC(=O)c1[nH]c2c(c1-c1cc(Cl)cc(OC)c1)CCc1ccccc1-2. The Morgan fingerprint density at radius 3 is 2.69 bits per heavy atom. The first-order valence-corrected chi connectivity index (χ1v) is 8.76. The molecule has 0 spiro atoms. The predicted octanol–water partition coefficient (Wildman–Crippen LogP) is 4.90. The number of halogens is 1. The van der Waals surface area contributed by atoms with Gasteiger partial charge in [-0.2, -0.15) is 0 Å². The zero-order valence-corrected chi connectivity index (χ0v) is 15.3. The van der Waals surface area contributed by atoms with Crippen molar-refractivity contribution in [3.05, 3.63) is 64.3 Å². The van der Waals surface area contributed by atoms with Gasteiger partial charge in [0.1, 0.15) is 11.4 Å². The number of nitrogens with one attached hydrogen (secondary N) is 1. The molecule has 0 saturated carbocycles. The van der Waals surface area contributed by atoms with E-state index in [1.54, 1.807) is 13.2 Å². The zero-order chi connectivity index (χ0) is 18.3. The van der Waals surface area contributed by atoms with E-state index in [2.05, 4.69) is 17.1 Å². The Morgan fingerprint density at radius 2 is 1.92 bits per heavy atom. The Bertz CT molecular complexity index is 1010. The van der Waals surface area contributed by atoms with Crippen LogP contribution in [0.3, 0.4) is 0 Å². The fourth-order valence-corrected chi connectivity index (χ4v) is 3.88. The summed E-state index contributed by atoms with van der Waals surface area (Å²) in [6.45, 7) is 0. The summed E-state index contributed by atoms with van der Waals surface area (Å²) >= 11 is 6.27. The first-order chi connectivity index (χ1) is 12.6. The number of rotatable bonds is 3. The first kappa shape index (κ1) is 16.7. The van der Waals surface area contributed by atoms with E-state index in [9.17, 15) is 4.79 Å². The molecule has 0 unspecified atom stereocenters. The Kier molecular flexibility index (Phi) is 4.21. The molecule has 4 rings (SSSR count). The lowest BCUT2D eigenvalue weighted by molar-refractivity contribution is 0.0596. The first-order valence-electron chi connectivity index (χ1n) is 8.38. The summed E-state index contributed by atoms with van der Waals surface area (Å²) in [5.74, 6) is 0.250. The number of aryl methyl sites for hydroxylation is 1. The van der Waals surface area contributed by atoms with E-state index in [1.165, 1.54) is 12.7 Å². The van der Waals surface area contributed by atoms with Crippen molar-refractivity contribution in [1.29, 1.82) is 0 Å². The Balaban J connectivity index is 2.00. The summed E-state index contributed by atoms with van der Waals surface area (Å²) in [6.07, 6.45) is 1.76. The largest absolute Gasteiger partial charge is 0.497 e. The number of fused-ring (bicyclic) bond motifs is 3. The third kappa shape index (κ3) is 2.67. The smallest absolute Gasteiger partial charge is 0.355 e. The van der Waals surface area contributed by atoms with Gasteiger partial charge in [-0.25, -0.2) is 4.79 Å². The minimum absolute atomic E-state index is 0.397. The van der Waals surface area contributed by atoms with Gasteiger partial charge in [-0.3, -0.25) is 0 Å². The Morgan fingerprint density at radius 1 is 1.12 bits per heavy atom. The highest BCUT2D eigenvalue weighted by atomic mass is 35.5. The zero-order valence-electron chi connectivity index (χ0n) is 14.6. The number of benzene rings is 2. The van der Waals surface area contributed by atoms with Crippen LogP contribution in [0.2, 0.25) is 5.02 Å². The van der Waals surface area contributed by atoms with Gasteiger partial charge in [0.05, 0.1) is 19.9 Å². The number of hydrogen-bond acceptors (Lipinski definition) is 3. The molecule has 0 bridgehead atoms. The van der Waals surface area contributed by atoms with Crippen LogP contribution in [0.4, 0.5) is 0 Å². The van der Waals surface area contributed by atoms with Crippen molar-refractivity contribution >= 4 is 17.6 Å². The van der Waals surface area contributed by atoms with Crippen LogP contribution >= 0.6 is 11.6 Å². The molecular weight excluding hydrogens is 350 g/mol. The Labute approximate surface area is 156 Å². The van der Waals surface area contributed by atoms with Crippen molar-refractivity contribution < 1.29 is 14.3 Å². The molecule has 1 aromatic heterocycles. The number of carbonyl (C=O) groups is 1. The van der Waals surface area contributed by atoms with Gasteiger partial charge in [0, 0.05) is 16.1 Å². The minimum Gasteiger partial charge on any atom is -0.497 e. The molecule has 1 aliphatic rings. The lowest BCUT2D eigenvalue weighted by atomic mass is 9.87. The van der Waals surface area contributed by atoms with E-state index in [0.717, 1.165) is 40.8 Å². The fourth-order valence-electron chi connectivity index (χ4n) is 3.66. The second-order valence-electron chi connectivity index (χ2n) is 6.26. The third-order valence-corrected chi connectivity index (χ3v) is 5.04. The maximum Gasteiger partial charge on any atom is 0.355 e. The molecule has 0 radical (unpaired) electrons. The summed E-state index contributed by atoms with van der Waals surface area (Å²) in [5, 5.41) is 0.557. The second kappa shape index (κ2) is 6.54. The molecule has 1 N–H and O–H groups in total. The molecule has 0 amide bonds. The lowest BCUT2D eigenvalue weighted by Gasteiger charge is -2.17. The number of methoxy groups -OCH3 is 2. The van der Waals surface area contributed by atoms with Crippen molar-refractivity contribution in [2.75, 3.05) is 14.2 Å². The fraction of sp³-hybridized carbons (Fsp3) is 0.190. The molecule has 1 aliphatic carbocycles. The van der Waals surface area contributed by atoms with E-state index >= 15 is 0 Å². The van der Waals surface area contributed by atoms with Crippen molar-refractivity contribution in [1.82, 2.24) is 4.98 Å². The average molecular weight is 368 g/mol. The number of aromatic nitrogens is 1. The molecule has 2 aromatic carbocycles. The highest BCUT2D eigenvalue weighted by Gasteiger charge is 2.28. The summed E-state index contributed by atoms with van der Waals surface area (Å²) in [7, 11) is 2.98. The van der Waals surface area contributed by atoms with Gasteiger partial charge in [0.2, 0.25) is 0 Å². The maximum absolute atomic E-state index is 12.5. The predicted molar refractivity (Wildman–Crippen MR) is 102 cm³/mol. The molecule has 0 atom stereocenters. The van der Waals surface area contributed by atoms with Crippen molar-refractivity contribution in [2.24, 2.45) is 0 Å². The monoisotopic (exact) mass is 367 g/mol. The van der Waals surface area contributed by atoms with Crippen LogP contribution < -0.4 is 4.74 Å². The topological polar surface area (TPSA) is 51.3 Å². The molecule has 132 valence electrons. The summed E-state index contributed by atoms with van der Waals surface area (Å²) < 4.78 is 10.4. The van der Waals surface area contributed by atoms with E-state index in [0.29, 0.717) is 16.5 Å². The van der Waals surface area contributed by atoms with Crippen molar-refractivity contribution in [2.45, 2.75) is 12.8 Å². The molecule has 0 aliphatic heterocycles. The molecule has 3 aromatic rings. The molecule has 5 heteroatoms. The van der Waals surface area contributed by atoms with Gasteiger partial charge < -0.3 is 14.5 Å². The van der Waals surface area contributed by atoms with Crippen LogP contribution in [0.25, 0.3) is 22.4 Å². The molecule has 1 heterocycles. The van der Waals surface area contributed by atoms with Crippen molar-refractivity contribution in [3.63, 3.8) is 0 Å². The lowest BCUT2D eigenvalue weighted by Crippen LogP contribution is -2.04. The normalized spacial score (nSPS) is 12.3. The number of H-pyrrole nitrogens is 1. The molecule has 0 fully saturated rings. The van der Waals surface area contributed by atoms with Gasteiger partial charge in [-0.1, -0.05) is 35.9 Å². The van der Waals surface area contributed by atoms with Crippen LogP contribution in [0.15, 0.2) is 42.5 Å². The second-order valence-corrected chi connectivity index (χ2v) is 6.69. The summed E-state index contributed by atoms with van der Waals surface area (Å²) in [5.41, 5.74) is 6.59. The third-order valence-electron chi connectivity index (χ3n) is 4.82. The van der Waals surface area contributed by atoms with Gasteiger partial charge in [0.15, 0.2) is 0 Å². The average Bonchev–Trinajstić information content (AvgIpc) is 3.06.